The van der Waals surface area contributed by atoms with Gasteiger partial charge in [0.15, 0.2) is 0 Å². The number of aliphatic hydroxyl groups is 1. The molecule has 0 spiro atoms. The van der Waals surface area contributed by atoms with Gasteiger partial charge in [-0.2, -0.15) is 0 Å². The molecular weight excluding hydrogens is 284 g/mol. The van der Waals surface area contributed by atoms with Crippen LogP contribution in [0.15, 0.2) is 35.7 Å². The highest BCUT2D eigenvalue weighted by atomic mass is 32.1. The van der Waals surface area contributed by atoms with E-state index in [0.717, 1.165) is 17.8 Å². The van der Waals surface area contributed by atoms with Gasteiger partial charge in [-0.15, -0.1) is 11.3 Å². The van der Waals surface area contributed by atoms with Crippen molar-refractivity contribution in [3.63, 3.8) is 0 Å². The summed E-state index contributed by atoms with van der Waals surface area (Å²) in [6.07, 6.45) is 2.07. The maximum atomic E-state index is 12.2. The number of nitrogens with zero attached hydrogens (tertiary/aromatic N) is 2. The van der Waals surface area contributed by atoms with Gasteiger partial charge in [-0.05, 0) is 18.4 Å². The van der Waals surface area contributed by atoms with Gasteiger partial charge in [-0.1, -0.05) is 30.3 Å². The number of thiazole rings is 1. The molecule has 1 saturated heterocycles. The molecule has 2 aromatic rings. The molecule has 0 radical (unpaired) electrons. The number of benzene rings is 1. The quantitative estimate of drug-likeness (QED) is 0.941. The van der Waals surface area contributed by atoms with Crippen molar-refractivity contribution in [1.29, 1.82) is 0 Å². The van der Waals surface area contributed by atoms with Crippen LogP contribution in [0.2, 0.25) is 0 Å². The summed E-state index contributed by atoms with van der Waals surface area (Å²) in [6.45, 7) is 1.05. The van der Waals surface area contributed by atoms with Gasteiger partial charge in [-0.3, -0.25) is 4.79 Å². The molecule has 1 amide bonds. The van der Waals surface area contributed by atoms with Crippen LogP contribution in [-0.4, -0.2) is 40.1 Å². The first-order valence-corrected chi connectivity index (χ1v) is 8.06. The number of aliphatic hydroxyl groups excluding tert-OH is 1. The highest BCUT2D eigenvalue weighted by Gasteiger charge is 2.26. The molecule has 3 rings (SSSR count). The van der Waals surface area contributed by atoms with Crippen molar-refractivity contribution in [3.05, 3.63) is 52.0 Å². The zero-order valence-electron chi connectivity index (χ0n) is 11.7. The number of carbonyl (C=O) groups is 1. The van der Waals surface area contributed by atoms with E-state index in [0.29, 0.717) is 25.2 Å². The molecule has 2 heterocycles. The molecule has 5 heteroatoms. The molecule has 1 aliphatic rings. The minimum absolute atomic E-state index is 0.0613. The summed E-state index contributed by atoms with van der Waals surface area (Å²) in [6, 6.07) is 10.3. The third kappa shape index (κ3) is 3.49. The molecule has 1 fully saturated rings. The maximum absolute atomic E-state index is 12.2. The minimum Gasteiger partial charge on any atom is -0.391 e. The number of hydrogen-bond acceptors (Lipinski definition) is 4. The van der Waals surface area contributed by atoms with Crippen molar-refractivity contribution in [2.75, 3.05) is 13.1 Å². The summed E-state index contributed by atoms with van der Waals surface area (Å²) < 4.78 is 0. The monoisotopic (exact) mass is 302 g/mol. The Hall–Kier alpha value is -1.72. The van der Waals surface area contributed by atoms with E-state index in [4.69, 9.17) is 0 Å². The summed E-state index contributed by atoms with van der Waals surface area (Å²) in [5.74, 6) is -0.0613. The third-order valence-electron chi connectivity index (χ3n) is 3.69. The fourth-order valence-electron chi connectivity index (χ4n) is 2.51. The van der Waals surface area contributed by atoms with Crippen molar-refractivity contribution in [2.24, 2.45) is 0 Å². The number of rotatable bonds is 4. The first kappa shape index (κ1) is 14.2. The number of hydrogen-bond donors (Lipinski definition) is 1. The van der Waals surface area contributed by atoms with Crippen LogP contribution in [-0.2, 0) is 12.8 Å². The number of β-amino-alcohol motifs (C(OH)–C–C–N with tert-alkyl or cyclic N) is 1. The second kappa shape index (κ2) is 6.37. The average molecular weight is 302 g/mol. The summed E-state index contributed by atoms with van der Waals surface area (Å²) in [4.78, 5) is 18.4. The van der Waals surface area contributed by atoms with Gasteiger partial charge < -0.3 is 10.0 Å². The van der Waals surface area contributed by atoms with Gasteiger partial charge in [0, 0.05) is 24.9 Å². The van der Waals surface area contributed by atoms with Gasteiger partial charge in [0.25, 0.3) is 5.91 Å². The SMILES string of the molecule is O=C(c1csc(CCc2ccccc2)n1)N1CC[C@@H](O)C1. The Balaban J connectivity index is 1.60. The van der Waals surface area contributed by atoms with Gasteiger partial charge in [0.2, 0.25) is 0 Å². The van der Waals surface area contributed by atoms with Crippen LogP contribution in [0.25, 0.3) is 0 Å². The highest BCUT2D eigenvalue weighted by molar-refractivity contribution is 7.09. The summed E-state index contributed by atoms with van der Waals surface area (Å²) >= 11 is 1.54. The van der Waals surface area contributed by atoms with Crippen LogP contribution in [0.1, 0.15) is 27.5 Å². The van der Waals surface area contributed by atoms with E-state index in [-0.39, 0.29) is 12.0 Å². The predicted octanol–water partition coefficient (Wildman–Crippen LogP) is 2.14. The van der Waals surface area contributed by atoms with E-state index in [1.54, 1.807) is 4.90 Å². The molecule has 0 saturated carbocycles. The fourth-order valence-corrected chi connectivity index (χ4v) is 3.28. The first-order valence-electron chi connectivity index (χ1n) is 7.18. The molecule has 1 aliphatic heterocycles. The Morgan fingerprint density at radius 1 is 1.33 bits per heavy atom. The third-order valence-corrected chi connectivity index (χ3v) is 4.60. The van der Waals surface area contributed by atoms with Gasteiger partial charge in [0.05, 0.1) is 11.1 Å². The Bertz CT molecular complexity index is 612. The summed E-state index contributed by atoms with van der Waals surface area (Å²) in [7, 11) is 0. The molecule has 1 atom stereocenters. The smallest absolute Gasteiger partial charge is 0.273 e. The van der Waals surface area contributed by atoms with Crippen molar-refractivity contribution in [3.8, 4) is 0 Å². The van der Waals surface area contributed by atoms with Gasteiger partial charge in [-0.25, -0.2) is 4.98 Å². The van der Waals surface area contributed by atoms with E-state index in [9.17, 15) is 9.90 Å². The molecule has 21 heavy (non-hydrogen) atoms. The van der Waals surface area contributed by atoms with Crippen molar-refractivity contribution < 1.29 is 9.90 Å². The molecule has 1 N–H and O–H groups in total. The average Bonchev–Trinajstić information content (AvgIpc) is 3.14. The van der Waals surface area contributed by atoms with Crippen LogP contribution in [0.5, 0.6) is 0 Å². The molecule has 1 aromatic carbocycles. The Morgan fingerprint density at radius 3 is 2.86 bits per heavy atom. The topological polar surface area (TPSA) is 53.4 Å². The lowest BCUT2D eigenvalue weighted by molar-refractivity contribution is 0.0760. The minimum atomic E-state index is -0.384. The summed E-state index contributed by atoms with van der Waals surface area (Å²) in [5.41, 5.74) is 1.79. The van der Waals surface area contributed by atoms with E-state index in [2.05, 4.69) is 17.1 Å². The number of likely N-dealkylation sites (tertiary alicyclic amines) is 1. The highest BCUT2D eigenvalue weighted by Crippen LogP contribution is 2.17. The fraction of sp³-hybridized carbons (Fsp3) is 0.375. The molecule has 0 bridgehead atoms. The van der Waals surface area contributed by atoms with Crippen LogP contribution in [0.3, 0.4) is 0 Å². The van der Waals surface area contributed by atoms with Crippen molar-refractivity contribution in [1.82, 2.24) is 9.88 Å². The molecule has 0 aliphatic carbocycles. The standard InChI is InChI=1S/C16H18N2O2S/c19-13-8-9-18(10-13)16(20)14-11-21-15(17-14)7-6-12-4-2-1-3-5-12/h1-5,11,13,19H,6-10H2/t13-/m1/s1. The van der Waals surface area contributed by atoms with Crippen LogP contribution >= 0.6 is 11.3 Å². The zero-order chi connectivity index (χ0) is 14.7. The lowest BCUT2D eigenvalue weighted by Crippen LogP contribution is -2.29. The molecule has 4 nitrogen and oxygen atoms in total. The zero-order valence-corrected chi connectivity index (χ0v) is 12.6. The second-order valence-corrected chi connectivity index (χ2v) is 6.25. The van der Waals surface area contributed by atoms with Gasteiger partial charge in [0.1, 0.15) is 5.69 Å². The number of aryl methyl sites for hydroxylation is 2. The van der Waals surface area contributed by atoms with Crippen LogP contribution < -0.4 is 0 Å². The van der Waals surface area contributed by atoms with Crippen molar-refractivity contribution >= 4 is 17.2 Å². The van der Waals surface area contributed by atoms with E-state index >= 15 is 0 Å². The van der Waals surface area contributed by atoms with E-state index in [1.807, 2.05) is 23.6 Å². The number of carbonyl (C=O) groups excluding carboxylic acids is 1. The summed E-state index contributed by atoms with van der Waals surface area (Å²) in [5, 5.41) is 12.3. The maximum Gasteiger partial charge on any atom is 0.273 e. The largest absolute Gasteiger partial charge is 0.391 e. The molecule has 110 valence electrons. The van der Waals surface area contributed by atoms with Gasteiger partial charge >= 0.3 is 0 Å². The Morgan fingerprint density at radius 2 is 2.14 bits per heavy atom. The molecule has 1 aromatic heterocycles. The van der Waals surface area contributed by atoms with Crippen molar-refractivity contribution in [2.45, 2.75) is 25.4 Å². The molecular formula is C16H18N2O2S. The van der Waals surface area contributed by atoms with Crippen LogP contribution in [0, 0.1) is 0 Å². The second-order valence-electron chi connectivity index (χ2n) is 5.31. The van der Waals surface area contributed by atoms with Crippen LogP contribution in [0.4, 0.5) is 0 Å². The number of aromatic nitrogens is 1. The predicted molar refractivity (Wildman–Crippen MR) is 82.5 cm³/mol. The van der Waals surface area contributed by atoms with E-state index < -0.39 is 0 Å². The first-order chi connectivity index (χ1) is 10.2. The lowest BCUT2D eigenvalue weighted by atomic mass is 10.1. The lowest BCUT2D eigenvalue weighted by Gasteiger charge is -2.13. The number of amides is 1. The normalized spacial score (nSPS) is 18.1. The molecule has 0 unspecified atom stereocenters. The van der Waals surface area contributed by atoms with E-state index in [1.165, 1.54) is 16.9 Å². The Labute approximate surface area is 128 Å². The Kier molecular flexibility index (Phi) is 4.31.